The molecule has 0 aromatic heterocycles. The minimum Gasteiger partial charge on any atom is -0.611 e. The third-order valence-corrected chi connectivity index (χ3v) is 4.39. The SMILES string of the molecule is O=C1OCCCCC1C[S+]([O-])c1ccccc1. The zero-order valence-electron chi connectivity index (χ0n) is 9.63. The van der Waals surface area contributed by atoms with Crippen LogP contribution in [0.2, 0.25) is 0 Å². The number of hydrogen-bond acceptors (Lipinski definition) is 3. The lowest BCUT2D eigenvalue weighted by Crippen LogP contribution is -2.24. The van der Waals surface area contributed by atoms with Crippen molar-refractivity contribution < 1.29 is 14.1 Å². The van der Waals surface area contributed by atoms with Crippen molar-refractivity contribution in [3.8, 4) is 0 Å². The van der Waals surface area contributed by atoms with Crippen LogP contribution in [0.15, 0.2) is 35.2 Å². The molecule has 1 heterocycles. The zero-order valence-corrected chi connectivity index (χ0v) is 10.4. The first-order chi connectivity index (χ1) is 8.27. The van der Waals surface area contributed by atoms with Gasteiger partial charge in [-0.1, -0.05) is 18.2 Å². The summed E-state index contributed by atoms with van der Waals surface area (Å²) in [5, 5.41) is 0. The molecule has 92 valence electrons. The maximum Gasteiger partial charge on any atom is 0.313 e. The molecule has 2 unspecified atom stereocenters. The Morgan fingerprint density at radius 2 is 2.06 bits per heavy atom. The minimum absolute atomic E-state index is 0.188. The first-order valence-electron chi connectivity index (χ1n) is 5.87. The van der Waals surface area contributed by atoms with Crippen molar-refractivity contribution in [1.82, 2.24) is 0 Å². The van der Waals surface area contributed by atoms with Crippen LogP contribution < -0.4 is 0 Å². The van der Waals surface area contributed by atoms with E-state index >= 15 is 0 Å². The van der Waals surface area contributed by atoms with E-state index in [0.717, 1.165) is 24.2 Å². The molecule has 1 aliphatic heterocycles. The van der Waals surface area contributed by atoms with Crippen molar-refractivity contribution in [3.63, 3.8) is 0 Å². The van der Waals surface area contributed by atoms with Gasteiger partial charge in [0.05, 0.1) is 6.61 Å². The molecule has 0 amide bonds. The second kappa shape index (κ2) is 6.07. The van der Waals surface area contributed by atoms with Crippen LogP contribution in [-0.2, 0) is 20.7 Å². The number of cyclic esters (lactones) is 1. The van der Waals surface area contributed by atoms with Gasteiger partial charge < -0.3 is 9.29 Å². The molecule has 4 heteroatoms. The monoisotopic (exact) mass is 252 g/mol. The number of benzene rings is 1. The first kappa shape index (κ1) is 12.5. The van der Waals surface area contributed by atoms with E-state index in [9.17, 15) is 9.35 Å². The standard InChI is InChI=1S/C13H16O3S/c14-13-11(6-4-5-9-16-13)10-17(15)12-7-2-1-3-8-12/h1-3,7-8,11H,4-6,9-10H2. The number of ether oxygens (including phenoxy) is 1. The Hall–Kier alpha value is -1.00. The molecule has 0 spiro atoms. The quantitative estimate of drug-likeness (QED) is 0.611. The van der Waals surface area contributed by atoms with Crippen LogP contribution >= 0.6 is 0 Å². The van der Waals surface area contributed by atoms with Gasteiger partial charge in [-0.2, -0.15) is 0 Å². The number of carbonyl (C=O) groups is 1. The molecule has 0 N–H and O–H groups in total. The van der Waals surface area contributed by atoms with E-state index in [0.29, 0.717) is 12.4 Å². The van der Waals surface area contributed by atoms with Gasteiger partial charge in [0, 0.05) is 0 Å². The Morgan fingerprint density at radius 1 is 1.29 bits per heavy atom. The van der Waals surface area contributed by atoms with E-state index < -0.39 is 11.2 Å². The average Bonchev–Trinajstić information content (AvgIpc) is 2.56. The molecule has 1 aliphatic rings. The van der Waals surface area contributed by atoms with E-state index in [4.69, 9.17) is 4.74 Å². The summed E-state index contributed by atoms with van der Waals surface area (Å²) < 4.78 is 17.2. The van der Waals surface area contributed by atoms with E-state index in [1.54, 1.807) is 0 Å². The van der Waals surface area contributed by atoms with Crippen molar-refractivity contribution in [2.45, 2.75) is 24.2 Å². The highest BCUT2D eigenvalue weighted by Crippen LogP contribution is 2.21. The number of hydrogen-bond donors (Lipinski definition) is 0. The van der Waals surface area contributed by atoms with E-state index in [1.165, 1.54) is 0 Å². The number of rotatable bonds is 3. The van der Waals surface area contributed by atoms with Gasteiger partial charge in [-0.3, -0.25) is 4.79 Å². The molecule has 0 radical (unpaired) electrons. The van der Waals surface area contributed by atoms with E-state index in [-0.39, 0.29) is 11.9 Å². The van der Waals surface area contributed by atoms with Gasteiger partial charge in [-0.15, -0.1) is 0 Å². The van der Waals surface area contributed by atoms with Crippen molar-refractivity contribution >= 4 is 17.1 Å². The van der Waals surface area contributed by atoms with Crippen LogP contribution in [0.25, 0.3) is 0 Å². The predicted octanol–water partition coefficient (Wildman–Crippen LogP) is 2.14. The lowest BCUT2D eigenvalue weighted by molar-refractivity contribution is -0.146. The van der Waals surface area contributed by atoms with Crippen LogP contribution in [0.5, 0.6) is 0 Å². The second-order valence-corrected chi connectivity index (χ2v) is 5.68. The van der Waals surface area contributed by atoms with Crippen molar-refractivity contribution in [3.05, 3.63) is 30.3 Å². The topological polar surface area (TPSA) is 49.4 Å². The van der Waals surface area contributed by atoms with Crippen molar-refractivity contribution in [2.24, 2.45) is 5.92 Å². The van der Waals surface area contributed by atoms with Gasteiger partial charge in [-0.05, 0) is 42.6 Å². The lowest BCUT2D eigenvalue weighted by Gasteiger charge is -2.15. The fraction of sp³-hybridized carbons (Fsp3) is 0.462. The minimum atomic E-state index is -1.11. The van der Waals surface area contributed by atoms with Gasteiger partial charge in [0.1, 0.15) is 11.7 Å². The summed E-state index contributed by atoms with van der Waals surface area (Å²) in [4.78, 5) is 12.4. The van der Waals surface area contributed by atoms with Crippen LogP contribution in [0, 0.1) is 5.92 Å². The maximum atomic E-state index is 12.1. The highest BCUT2D eigenvalue weighted by Gasteiger charge is 2.28. The average molecular weight is 252 g/mol. The molecule has 1 fully saturated rings. The Kier molecular flexibility index (Phi) is 4.45. The summed E-state index contributed by atoms with van der Waals surface area (Å²) in [7, 11) is 0. The van der Waals surface area contributed by atoms with Gasteiger partial charge in [0.25, 0.3) is 0 Å². The molecule has 3 nitrogen and oxygen atoms in total. The molecule has 0 aliphatic carbocycles. The molecule has 0 bridgehead atoms. The Bertz CT molecular complexity index is 366. The van der Waals surface area contributed by atoms with Gasteiger partial charge in [-0.25, -0.2) is 0 Å². The predicted molar refractivity (Wildman–Crippen MR) is 66.0 cm³/mol. The van der Waals surface area contributed by atoms with Gasteiger partial charge >= 0.3 is 5.97 Å². The number of carbonyl (C=O) groups excluding carboxylic acids is 1. The summed E-state index contributed by atoms with van der Waals surface area (Å²) in [5.41, 5.74) is 0. The van der Waals surface area contributed by atoms with Gasteiger partial charge in [0.2, 0.25) is 0 Å². The third kappa shape index (κ3) is 3.48. The molecular formula is C13H16O3S. The van der Waals surface area contributed by atoms with Crippen LogP contribution in [0.3, 0.4) is 0 Å². The highest BCUT2D eigenvalue weighted by molar-refractivity contribution is 7.91. The van der Waals surface area contributed by atoms with E-state index in [2.05, 4.69) is 0 Å². The highest BCUT2D eigenvalue weighted by atomic mass is 32.2. The molecule has 1 saturated heterocycles. The first-order valence-corrected chi connectivity index (χ1v) is 7.19. The molecule has 0 saturated carbocycles. The summed E-state index contributed by atoms with van der Waals surface area (Å²) in [5.74, 6) is -0.0200. The normalized spacial score (nSPS) is 22.6. The summed E-state index contributed by atoms with van der Waals surface area (Å²) in [6, 6.07) is 9.27. The Labute approximate surface area is 104 Å². The number of esters is 1. The Morgan fingerprint density at radius 3 is 2.82 bits per heavy atom. The zero-order chi connectivity index (χ0) is 12.1. The van der Waals surface area contributed by atoms with Crippen molar-refractivity contribution in [2.75, 3.05) is 12.4 Å². The lowest BCUT2D eigenvalue weighted by atomic mass is 10.1. The fourth-order valence-corrected chi connectivity index (χ4v) is 3.23. The molecule has 1 aromatic carbocycles. The second-order valence-electron chi connectivity index (χ2n) is 4.19. The van der Waals surface area contributed by atoms with E-state index in [1.807, 2.05) is 30.3 Å². The van der Waals surface area contributed by atoms with Crippen LogP contribution in [-0.4, -0.2) is 22.9 Å². The molecule has 1 aromatic rings. The summed E-state index contributed by atoms with van der Waals surface area (Å²) >= 11 is -1.11. The summed E-state index contributed by atoms with van der Waals surface area (Å²) in [6.07, 6.45) is 2.68. The smallest absolute Gasteiger partial charge is 0.313 e. The molecule has 2 rings (SSSR count). The maximum absolute atomic E-state index is 12.1. The van der Waals surface area contributed by atoms with Crippen molar-refractivity contribution in [1.29, 1.82) is 0 Å². The largest absolute Gasteiger partial charge is 0.611 e. The van der Waals surface area contributed by atoms with Crippen LogP contribution in [0.1, 0.15) is 19.3 Å². The Balaban J connectivity index is 1.97. The summed E-state index contributed by atoms with van der Waals surface area (Å²) in [6.45, 7) is 0.507. The third-order valence-electron chi connectivity index (χ3n) is 2.88. The molecule has 2 atom stereocenters. The van der Waals surface area contributed by atoms with Gasteiger partial charge in [0.15, 0.2) is 4.90 Å². The van der Waals surface area contributed by atoms with Crippen LogP contribution in [0.4, 0.5) is 0 Å². The molecule has 17 heavy (non-hydrogen) atoms. The fourth-order valence-electron chi connectivity index (χ4n) is 1.90. The molecular weight excluding hydrogens is 236 g/mol.